The molecular formula is C19H33NO3. The van der Waals surface area contributed by atoms with Gasteiger partial charge in [-0.3, -0.25) is 4.79 Å². The van der Waals surface area contributed by atoms with Crippen LogP contribution in [0.5, 0.6) is 0 Å². The van der Waals surface area contributed by atoms with Crippen LogP contribution in [0, 0.1) is 23.2 Å². The van der Waals surface area contributed by atoms with E-state index in [2.05, 4.69) is 20.8 Å². The first-order valence-corrected chi connectivity index (χ1v) is 8.95. The van der Waals surface area contributed by atoms with Gasteiger partial charge >= 0.3 is 5.97 Å². The Hall–Kier alpha value is -1.06. The Kier molecular flexibility index (Phi) is 4.85. The third kappa shape index (κ3) is 3.89. The highest BCUT2D eigenvalue weighted by molar-refractivity contribution is 5.87. The predicted molar refractivity (Wildman–Crippen MR) is 90.8 cm³/mol. The molecule has 1 saturated heterocycles. The number of hydrogen-bond acceptors (Lipinski definition) is 3. The SMILES string of the molecule is C[C@H](C(=O)N1C[C@@H]2CCC[C@@H]2C1C(=O)OC(C)(C)C)C(C)(C)C. The molecule has 2 fully saturated rings. The third-order valence-corrected chi connectivity index (χ3v) is 5.49. The van der Waals surface area contributed by atoms with Gasteiger partial charge in [-0.05, 0) is 50.9 Å². The largest absolute Gasteiger partial charge is 0.458 e. The van der Waals surface area contributed by atoms with E-state index in [4.69, 9.17) is 4.74 Å². The van der Waals surface area contributed by atoms with E-state index in [1.807, 2.05) is 32.6 Å². The van der Waals surface area contributed by atoms with Crippen molar-refractivity contribution in [1.82, 2.24) is 4.90 Å². The lowest BCUT2D eigenvalue weighted by Crippen LogP contribution is -2.49. The highest BCUT2D eigenvalue weighted by Gasteiger charge is 2.51. The average Bonchev–Trinajstić information content (AvgIpc) is 2.92. The first-order chi connectivity index (χ1) is 10.4. The molecule has 1 heterocycles. The maximum absolute atomic E-state index is 13.0. The van der Waals surface area contributed by atoms with Crippen molar-refractivity contribution in [1.29, 1.82) is 0 Å². The standard InChI is InChI=1S/C19H33NO3/c1-12(18(2,3)4)16(21)20-11-13-9-8-10-14(13)15(20)17(22)23-19(5,6)7/h12-15H,8-11H2,1-7H3/t12-,13+,14+,15?/m1/s1. The van der Waals surface area contributed by atoms with Crippen molar-refractivity contribution in [2.24, 2.45) is 23.2 Å². The topological polar surface area (TPSA) is 46.6 Å². The van der Waals surface area contributed by atoms with Crippen LogP contribution in [0.25, 0.3) is 0 Å². The summed E-state index contributed by atoms with van der Waals surface area (Å²) in [4.78, 5) is 27.6. The molecule has 4 nitrogen and oxygen atoms in total. The Labute approximate surface area is 140 Å². The molecule has 4 heteroatoms. The highest BCUT2D eigenvalue weighted by atomic mass is 16.6. The molecule has 2 aliphatic rings. The first kappa shape index (κ1) is 18.3. The molecule has 1 amide bonds. The maximum atomic E-state index is 13.0. The number of carbonyl (C=O) groups is 2. The molecule has 2 rings (SSSR count). The minimum Gasteiger partial charge on any atom is -0.458 e. The van der Waals surface area contributed by atoms with Crippen LogP contribution in [0.3, 0.4) is 0 Å². The van der Waals surface area contributed by atoms with Crippen molar-refractivity contribution < 1.29 is 14.3 Å². The lowest BCUT2D eigenvalue weighted by atomic mass is 9.81. The first-order valence-electron chi connectivity index (χ1n) is 8.95. The molecule has 1 saturated carbocycles. The van der Waals surface area contributed by atoms with Crippen molar-refractivity contribution in [3.8, 4) is 0 Å². The Balaban J connectivity index is 2.23. The zero-order chi connectivity index (χ0) is 17.6. The number of rotatable bonds is 2. The predicted octanol–water partition coefficient (Wildman–Crippen LogP) is 3.64. The average molecular weight is 323 g/mol. The number of hydrogen-bond donors (Lipinski definition) is 0. The second-order valence-corrected chi connectivity index (χ2v) is 9.41. The Morgan fingerprint density at radius 2 is 1.70 bits per heavy atom. The number of esters is 1. The summed E-state index contributed by atoms with van der Waals surface area (Å²) in [5, 5.41) is 0. The number of ether oxygens (including phenoxy) is 1. The molecule has 0 radical (unpaired) electrons. The van der Waals surface area contributed by atoms with Crippen LogP contribution in [0.4, 0.5) is 0 Å². The van der Waals surface area contributed by atoms with Gasteiger partial charge < -0.3 is 9.64 Å². The van der Waals surface area contributed by atoms with Crippen LogP contribution in [0.2, 0.25) is 0 Å². The summed E-state index contributed by atoms with van der Waals surface area (Å²) in [7, 11) is 0. The highest BCUT2D eigenvalue weighted by Crippen LogP contribution is 2.44. The number of amides is 1. The fraction of sp³-hybridized carbons (Fsp3) is 0.895. The second-order valence-electron chi connectivity index (χ2n) is 9.41. The van der Waals surface area contributed by atoms with Gasteiger partial charge in [0.2, 0.25) is 5.91 Å². The number of nitrogens with zero attached hydrogens (tertiary/aromatic N) is 1. The van der Waals surface area contributed by atoms with Crippen molar-refractivity contribution >= 4 is 11.9 Å². The van der Waals surface area contributed by atoms with E-state index in [0.717, 1.165) is 19.3 Å². The van der Waals surface area contributed by atoms with Crippen LogP contribution in [-0.2, 0) is 14.3 Å². The van der Waals surface area contributed by atoms with Crippen LogP contribution in [0.15, 0.2) is 0 Å². The summed E-state index contributed by atoms with van der Waals surface area (Å²) in [6.07, 6.45) is 3.31. The molecule has 1 aliphatic carbocycles. The van der Waals surface area contributed by atoms with Gasteiger partial charge in [-0.2, -0.15) is 0 Å². The third-order valence-electron chi connectivity index (χ3n) is 5.49. The summed E-state index contributed by atoms with van der Waals surface area (Å²) in [6.45, 7) is 14.6. The van der Waals surface area contributed by atoms with Gasteiger partial charge in [-0.25, -0.2) is 4.79 Å². The van der Waals surface area contributed by atoms with Gasteiger partial charge in [0.25, 0.3) is 0 Å². The van der Waals surface area contributed by atoms with Crippen LogP contribution in [-0.4, -0.2) is 35.0 Å². The van der Waals surface area contributed by atoms with Crippen LogP contribution >= 0.6 is 0 Å². The Morgan fingerprint density at radius 1 is 1.09 bits per heavy atom. The normalized spacial score (nSPS) is 29.3. The molecule has 23 heavy (non-hydrogen) atoms. The lowest BCUT2D eigenvalue weighted by Gasteiger charge is -2.34. The van der Waals surface area contributed by atoms with Crippen LogP contribution < -0.4 is 0 Å². The van der Waals surface area contributed by atoms with E-state index in [-0.39, 0.29) is 35.2 Å². The van der Waals surface area contributed by atoms with Gasteiger partial charge in [0.15, 0.2) is 0 Å². The summed E-state index contributed by atoms with van der Waals surface area (Å²) in [5.74, 6) is 0.514. The van der Waals surface area contributed by atoms with E-state index >= 15 is 0 Å². The summed E-state index contributed by atoms with van der Waals surface area (Å²) in [6, 6.07) is -0.390. The molecule has 4 atom stereocenters. The monoisotopic (exact) mass is 323 g/mol. The van der Waals surface area contributed by atoms with Crippen molar-refractivity contribution in [2.75, 3.05) is 6.54 Å². The Bertz CT molecular complexity index is 472. The zero-order valence-corrected chi connectivity index (χ0v) is 15.8. The number of fused-ring (bicyclic) bond motifs is 1. The summed E-state index contributed by atoms with van der Waals surface area (Å²) in [5.41, 5.74) is -0.620. The molecule has 0 spiro atoms. The molecule has 1 unspecified atom stereocenters. The van der Waals surface area contributed by atoms with Crippen molar-refractivity contribution in [3.63, 3.8) is 0 Å². The van der Waals surface area contributed by atoms with Crippen molar-refractivity contribution in [2.45, 2.75) is 79.4 Å². The molecular weight excluding hydrogens is 290 g/mol. The van der Waals surface area contributed by atoms with E-state index in [9.17, 15) is 9.59 Å². The Morgan fingerprint density at radius 3 is 2.22 bits per heavy atom. The summed E-state index contributed by atoms with van der Waals surface area (Å²) >= 11 is 0. The van der Waals surface area contributed by atoms with E-state index in [1.165, 1.54) is 0 Å². The maximum Gasteiger partial charge on any atom is 0.329 e. The molecule has 1 aliphatic heterocycles. The quantitative estimate of drug-likeness (QED) is 0.729. The fourth-order valence-corrected chi connectivity index (χ4v) is 3.82. The minimum absolute atomic E-state index is 0.0998. The zero-order valence-electron chi connectivity index (χ0n) is 15.8. The van der Waals surface area contributed by atoms with Gasteiger partial charge in [0, 0.05) is 12.5 Å². The molecule has 132 valence electrons. The number of carbonyl (C=O) groups excluding carboxylic acids is 2. The van der Waals surface area contributed by atoms with Crippen molar-refractivity contribution in [3.05, 3.63) is 0 Å². The minimum atomic E-state index is -0.516. The fourth-order valence-electron chi connectivity index (χ4n) is 3.82. The van der Waals surface area contributed by atoms with E-state index in [0.29, 0.717) is 12.5 Å². The smallest absolute Gasteiger partial charge is 0.329 e. The molecule has 0 aromatic heterocycles. The molecule has 0 N–H and O–H groups in total. The molecule has 0 aromatic carbocycles. The lowest BCUT2D eigenvalue weighted by molar-refractivity contribution is -0.166. The van der Waals surface area contributed by atoms with Gasteiger partial charge in [-0.1, -0.05) is 34.1 Å². The van der Waals surface area contributed by atoms with Gasteiger partial charge in [-0.15, -0.1) is 0 Å². The van der Waals surface area contributed by atoms with Gasteiger partial charge in [0.05, 0.1) is 0 Å². The van der Waals surface area contributed by atoms with E-state index in [1.54, 1.807) is 0 Å². The van der Waals surface area contributed by atoms with E-state index < -0.39 is 5.60 Å². The summed E-state index contributed by atoms with van der Waals surface area (Å²) < 4.78 is 5.64. The van der Waals surface area contributed by atoms with Crippen LogP contribution in [0.1, 0.15) is 67.7 Å². The molecule has 0 bridgehead atoms. The number of likely N-dealkylation sites (tertiary alicyclic amines) is 1. The second kappa shape index (κ2) is 6.10. The van der Waals surface area contributed by atoms with Gasteiger partial charge in [0.1, 0.15) is 11.6 Å². The molecule has 0 aromatic rings.